The van der Waals surface area contributed by atoms with Crippen LogP contribution in [0.3, 0.4) is 0 Å². The van der Waals surface area contributed by atoms with E-state index in [0.717, 1.165) is 87.1 Å². The molecule has 1 saturated carbocycles. The minimum atomic E-state index is -0.607. The molecule has 0 radical (unpaired) electrons. The first-order valence-corrected chi connectivity index (χ1v) is 14.1. The third-order valence-corrected chi connectivity index (χ3v) is 9.43. The molecule has 0 spiro atoms. The number of amides is 2. The minimum Gasteiger partial charge on any atom is -0.378 e. The molecule has 0 bridgehead atoms. The summed E-state index contributed by atoms with van der Waals surface area (Å²) in [6.45, 7) is 1.34. The molecule has 34 heavy (non-hydrogen) atoms. The van der Waals surface area contributed by atoms with Gasteiger partial charge >= 0.3 is 0 Å². The second kappa shape index (κ2) is 9.50. The van der Waals surface area contributed by atoms with Crippen LogP contribution < -0.4 is 5.32 Å². The highest BCUT2D eigenvalue weighted by Crippen LogP contribution is 2.42. The Labute approximate surface area is 205 Å². The largest absolute Gasteiger partial charge is 0.378 e. The van der Waals surface area contributed by atoms with Gasteiger partial charge in [0.1, 0.15) is 5.00 Å². The molecule has 2 fully saturated rings. The lowest BCUT2D eigenvalue weighted by Gasteiger charge is -2.32. The summed E-state index contributed by atoms with van der Waals surface area (Å²) in [4.78, 5) is 31.3. The summed E-state index contributed by atoms with van der Waals surface area (Å²) in [5.41, 5.74) is 2.98. The fourth-order valence-corrected chi connectivity index (χ4v) is 7.74. The lowest BCUT2D eigenvalue weighted by molar-refractivity contribution is -0.127. The Morgan fingerprint density at radius 3 is 2.76 bits per heavy atom. The second-order valence-corrected chi connectivity index (χ2v) is 11.4. The lowest BCUT2D eigenvalue weighted by Crippen LogP contribution is -2.47. The molecule has 2 aromatic rings. The van der Waals surface area contributed by atoms with Crippen LogP contribution in [-0.2, 0) is 22.4 Å². The van der Waals surface area contributed by atoms with Crippen molar-refractivity contribution in [2.45, 2.75) is 95.2 Å². The van der Waals surface area contributed by atoms with Crippen LogP contribution in [0.1, 0.15) is 96.7 Å². The molecule has 2 aromatic heterocycles. The Kier molecular flexibility index (Phi) is 6.24. The summed E-state index contributed by atoms with van der Waals surface area (Å²) in [6, 6.07) is 3.66. The van der Waals surface area contributed by atoms with Crippen LogP contribution >= 0.6 is 11.3 Å². The minimum absolute atomic E-state index is 0.0277. The van der Waals surface area contributed by atoms with Crippen molar-refractivity contribution < 1.29 is 14.3 Å². The fourth-order valence-electron chi connectivity index (χ4n) is 6.35. The number of fused-ring (bicyclic) bond motifs is 5. The van der Waals surface area contributed by atoms with Crippen LogP contribution in [0.2, 0.25) is 0 Å². The van der Waals surface area contributed by atoms with Gasteiger partial charge in [0.15, 0.2) is 6.04 Å². The predicted molar refractivity (Wildman–Crippen MR) is 133 cm³/mol. The van der Waals surface area contributed by atoms with Crippen LogP contribution in [0.5, 0.6) is 0 Å². The monoisotopic (exact) mass is 481 g/mol. The maximum atomic E-state index is 14.2. The standard InChI is InChI=1S/C27H35N3O3S/c31-25(28-18-8-2-1-3-9-18)24-21-12-6-15-29(21)27-23(20-11-4-5-13-22(20)34-27)26(32)30(24)16-14-19-10-7-17-33-19/h6,12,15,18-19,24H,1-5,7-11,13-14,16-17H2,(H,28,31). The number of ether oxygens (including phenoxy) is 1. The zero-order valence-electron chi connectivity index (χ0n) is 19.9. The van der Waals surface area contributed by atoms with Crippen molar-refractivity contribution in [1.29, 1.82) is 0 Å². The normalized spacial score (nSPS) is 24.9. The van der Waals surface area contributed by atoms with Crippen LogP contribution in [0.4, 0.5) is 0 Å². The molecule has 2 unspecified atom stereocenters. The molecule has 6 nitrogen and oxygen atoms in total. The third-order valence-electron chi connectivity index (χ3n) is 8.13. The summed E-state index contributed by atoms with van der Waals surface area (Å²) in [5.74, 6) is -0.00329. The van der Waals surface area contributed by atoms with Gasteiger partial charge in [0, 0.05) is 30.3 Å². The molecule has 182 valence electrons. The molecule has 1 saturated heterocycles. The van der Waals surface area contributed by atoms with E-state index in [9.17, 15) is 9.59 Å². The van der Waals surface area contributed by atoms with Gasteiger partial charge in [0.05, 0.1) is 17.4 Å². The molecule has 4 aliphatic rings. The predicted octanol–water partition coefficient (Wildman–Crippen LogP) is 4.93. The van der Waals surface area contributed by atoms with E-state index in [-0.39, 0.29) is 24.0 Å². The Hall–Kier alpha value is -2.12. The Balaban J connectivity index is 1.39. The number of aromatic nitrogens is 1. The zero-order valence-corrected chi connectivity index (χ0v) is 20.7. The van der Waals surface area contributed by atoms with Gasteiger partial charge in [0.25, 0.3) is 5.91 Å². The van der Waals surface area contributed by atoms with E-state index in [1.807, 2.05) is 23.2 Å². The first-order valence-electron chi connectivity index (χ1n) is 13.3. The lowest BCUT2D eigenvalue weighted by atomic mass is 9.94. The van der Waals surface area contributed by atoms with Crippen molar-refractivity contribution in [3.8, 4) is 5.00 Å². The van der Waals surface area contributed by atoms with Crippen LogP contribution in [0.15, 0.2) is 18.3 Å². The average molecular weight is 482 g/mol. The van der Waals surface area contributed by atoms with Crippen molar-refractivity contribution in [3.05, 3.63) is 40.0 Å². The SMILES string of the molecule is O=C(NC1CCCCC1)C1c2cccn2-c2sc3c(c2C(=O)N1CCC1CCCO1)CCCC3. The molecule has 2 amide bonds. The summed E-state index contributed by atoms with van der Waals surface area (Å²) >= 11 is 1.76. The van der Waals surface area contributed by atoms with Crippen LogP contribution in [-0.4, -0.2) is 46.6 Å². The molecule has 4 heterocycles. The fraction of sp³-hybridized carbons (Fsp3) is 0.630. The molecule has 2 aliphatic heterocycles. The van der Waals surface area contributed by atoms with Gasteiger partial charge in [-0.3, -0.25) is 9.59 Å². The highest BCUT2D eigenvalue weighted by atomic mass is 32.1. The van der Waals surface area contributed by atoms with Gasteiger partial charge in [-0.25, -0.2) is 0 Å². The number of nitrogens with zero attached hydrogens (tertiary/aromatic N) is 2. The first-order chi connectivity index (χ1) is 16.7. The summed E-state index contributed by atoms with van der Waals surface area (Å²) in [5, 5.41) is 4.34. The van der Waals surface area contributed by atoms with E-state index in [0.29, 0.717) is 6.54 Å². The number of carbonyl (C=O) groups excluding carboxylic acids is 2. The van der Waals surface area contributed by atoms with Crippen molar-refractivity contribution in [2.24, 2.45) is 0 Å². The average Bonchev–Trinajstić information content (AvgIpc) is 3.60. The molecule has 1 N–H and O–H groups in total. The summed E-state index contributed by atoms with van der Waals surface area (Å²) < 4.78 is 8.02. The zero-order chi connectivity index (χ0) is 23.1. The van der Waals surface area contributed by atoms with Crippen molar-refractivity contribution in [3.63, 3.8) is 0 Å². The van der Waals surface area contributed by atoms with E-state index in [1.54, 1.807) is 11.3 Å². The Bertz CT molecular complexity index is 1060. The molecule has 2 aliphatic carbocycles. The van der Waals surface area contributed by atoms with Gasteiger partial charge in [-0.2, -0.15) is 0 Å². The highest BCUT2D eigenvalue weighted by molar-refractivity contribution is 7.15. The van der Waals surface area contributed by atoms with E-state index in [1.165, 1.54) is 23.3 Å². The quantitative estimate of drug-likeness (QED) is 0.658. The molecule has 0 aromatic carbocycles. The number of aryl methyl sites for hydroxylation is 1. The number of hydrogen-bond acceptors (Lipinski definition) is 4. The molecular formula is C27H35N3O3S. The van der Waals surface area contributed by atoms with Crippen molar-refractivity contribution in [2.75, 3.05) is 13.2 Å². The molecule has 6 rings (SSSR count). The van der Waals surface area contributed by atoms with E-state index in [2.05, 4.69) is 9.88 Å². The smallest absolute Gasteiger partial charge is 0.258 e. The number of carbonyl (C=O) groups is 2. The first kappa shape index (κ1) is 22.4. The van der Waals surface area contributed by atoms with Gasteiger partial charge < -0.3 is 19.5 Å². The maximum Gasteiger partial charge on any atom is 0.258 e. The summed E-state index contributed by atoms with van der Waals surface area (Å²) in [7, 11) is 0. The number of nitrogens with one attached hydrogen (secondary N) is 1. The summed E-state index contributed by atoms with van der Waals surface area (Å²) in [6.07, 6.45) is 15.1. The van der Waals surface area contributed by atoms with Gasteiger partial charge in [-0.15, -0.1) is 11.3 Å². The maximum absolute atomic E-state index is 14.2. The molecule has 7 heteroatoms. The Morgan fingerprint density at radius 1 is 1.09 bits per heavy atom. The van der Waals surface area contributed by atoms with Gasteiger partial charge in [-0.1, -0.05) is 19.3 Å². The van der Waals surface area contributed by atoms with E-state index in [4.69, 9.17) is 4.74 Å². The second-order valence-electron chi connectivity index (χ2n) is 10.4. The highest BCUT2D eigenvalue weighted by Gasteiger charge is 2.41. The van der Waals surface area contributed by atoms with Gasteiger partial charge in [0.2, 0.25) is 5.91 Å². The van der Waals surface area contributed by atoms with E-state index < -0.39 is 6.04 Å². The van der Waals surface area contributed by atoms with Crippen molar-refractivity contribution in [1.82, 2.24) is 14.8 Å². The van der Waals surface area contributed by atoms with Crippen LogP contribution in [0.25, 0.3) is 5.00 Å². The topological polar surface area (TPSA) is 63.6 Å². The van der Waals surface area contributed by atoms with Crippen LogP contribution in [0, 0.1) is 0 Å². The molecule has 2 atom stereocenters. The number of hydrogen-bond donors (Lipinski definition) is 1. The van der Waals surface area contributed by atoms with Crippen molar-refractivity contribution >= 4 is 23.2 Å². The molecular weight excluding hydrogens is 446 g/mol. The third kappa shape index (κ3) is 4.01. The number of thiophene rings is 1. The van der Waals surface area contributed by atoms with E-state index >= 15 is 0 Å². The Morgan fingerprint density at radius 2 is 1.94 bits per heavy atom. The van der Waals surface area contributed by atoms with Gasteiger partial charge in [-0.05, 0) is 75.5 Å². The number of rotatable bonds is 5.